The van der Waals surface area contributed by atoms with Crippen LogP contribution in [0.2, 0.25) is 0 Å². The molecule has 37 heavy (non-hydrogen) atoms. The summed E-state index contributed by atoms with van der Waals surface area (Å²) in [6.07, 6.45) is 1.06. The van der Waals surface area contributed by atoms with E-state index in [1.165, 1.54) is 6.07 Å². The van der Waals surface area contributed by atoms with Crippen LogP contribution in [0.1, 0.15) is 34.6 Å². The SMILES string of the molecule is CC.CC(C)N1c2cc(-c3nc(Nc4ccc(SN5CCNCC5)cc4)ncc3F)cc(F)c2NC1C. The van der Waals surface area contributed by atoms with Crippen molar-refractivity contribution in [3.05, 3.63) is 54.2 Å². The van der Waals surface area contributed by atoms with Gasteiger partial charge in [0, 0.05) is 48.4 Å². The van der Waals surface area contributed by atoms with Gasteiger partial charge in [-0.15, -0.1) is 0 Å². The average Bonchev–Trinajstić information content (AvgIpc) is 3.25. The fourth-order valence-electron chi connectivity index (χ4n) is 4.53. The van der Waals surface area contributed by atoms with Crippen molar-refractivity contribution in [2.45, 2.75) is 51.7 Å². The maximum Gasteiger partial charge on any atom is 0.227 e. The predicted octanol–water partition coefficient (Wildman–Crippen LogP) is 6.09. The second-order valence-electron chi connectivity index (χ2n) is 8.98. The third kappa shape index (κ3) is 6.14. The predicted molar refractivity (Wildman–Crippen MR) is 149 cm³/mol. The van der Waals surface area contributed by atoms with Crippen molar-refractivity contribution < 1.29 is 8.78 Å². The van der Waals surface area contributed by atoms with Crippen LogP contribution in [0.15, 0.2) is 47.5 Å². The van der Waals surface area contributed by atoms with Crippen molar-refractivity contribution in [1.82, 2.24) is 19.6 Å². The first-order chi connectivity index (χ1) is 17.9. The summed E-state index contributed by atoms with van der Waals surface area (Å²) in [4.78, 5) is 11.7. The molecule has 10 heteroatoms. The summed E-state index contributed by atoms with van der Waals surface area (Å²) in [5.74, 6) is -0.789. The zero-order valence-corrected chi connectivity index (χ0v) is 22.8. The highest BCUT2D eigenvalue weighted by atomic mass is 32.2. The minimum Gasteiger partial charge on any atom is -0.361 e. The van der Waals surface area contributed by atoms with Crippen LogP contribution in [-0.4, -0.2) is 52.7 Å². The number of hydrogen-bond acceptors (Lipinski definition) is 8. The number of benzene rings is 2. The number of fused-ring (bicyclic) bond motifs is 1. The molecule has 1 aromatic heterocycles. The molecule has 2 aromatic carbocycles. The largest absolute Gasteiger partial charge is 0.361 e. The van der Waals surface area contributed by atoms with Crippen LogP contribution in [0.25, 0.3) is 11.3 Å². The Labute approximate surface area is 222 Å². The Balaban J connectivity index is 0.00000156. The van der Waals surface area contributed by atoms with E-state index in [9.17, 15) is 8.78 Å². The van der Waals surface area contributed by atoms with Crippen LogP contribution in [-0.2, 0) is 0 Å². The highest BCUT2D eigenvalue weighted by Gasteiger charge is 2.31. The van der Waals surface area contributed by atoms with E-state index in [1.54, 1.807) is 18.0 Å². The third-order valence-corrected chi connectivity index (χ3v) is 7.22. The molecule has 0 bridgehead atoms. The Morgan fingerprint density at radius 2 is 1.76 bits per heavy atom. The van der Waals surface area contributed by atoms with Gasteiger partial charge in [-0.3, -0.25) is 0 Å². The highest BCUT2D eigenvalue weighted by molar-refractivity contribution is 7.97. The van der Waals surface area contributed by atoms with Crippen molar-refractivity contribution in [3.8, 4) is 11.3 Å². The van der Waals surface area contributed by atoms with E-state index in [0.29, 0.717) is 16.9 Å². The molecule has 198 valence electrons. The standard InChI is InChI=1S/C25H29F2N7S.C2H6/c1-15(2)34-16(3)30-24-20(26)12-17(13-22(24)34)23-21(27)14-29-25(32-23)31-18-4-6-19(7-5-18)35-33-10-8-28-9-11-33;1-2/h4-7,12-16,28,30H,8-11H2,1-3H3,(H,29,31,32);1-2H3. The molecule has 3 N–H and O–H groups in total. The Kier molecular flexibility index (Phi) is 8.83. The van der Waals surface area contributed by atoms with Crippen LogP contribution >= 0.6 is 11.9 Å². The number of nitrogens with one attached hydrogen (secondary N) is 3. The van der Waals surface area contributed by atoms with E-state index in [1.807, 2.05) is 58.9 Å². The first kappa shape index (κ1) is 27.1. The van der Waals surface area contributed by atoms with Gasteiger partial charge in [0.25, 0.3) is 0 Å². The number of anilines is 4. The molecule has 3 aromatic rings. The van der Waals surface area contributed by atoms with Crippen molar-refractivity contribution in [1.29, 1.82) is 0 Å². The first-order valence-corrected chi connectivity index (χ1v) is 13.6. The number of rotatable bonds is 6. The average molecular weight is 528 g/mol. The van der Waals surface area contributed by atoms with E-state index in [4.69, 9.17) is 0 Å². The number of nitrogens with zero attached hydrogens (tertiary/aromatic N) is 4. The molecule has 0 spiro atoms. The summed E-state index contributed by atoms with van der Waals surface area (Å²) in [5, 5.41) is 9.65. The van der Waals surface area contributed by atoms with Gasteiger partial charge in [-0.2, -0.15) is 0 Å². The summed E-state index contributed by atoms with van der Waals surface area (Å²) in [6, 6.07) is 11.2. The molecule has 2 aliphatic heterocycles. The quantitative estimate of drug-likeness (QED) is 0.333. The van der Waals surface area contributed by atoms with Gasteiger partial charge in [0.15, 0.2) is 5.82 Å². The normalized spacial score (nSPS) is 17.2. The molecule has 1 atom stereocenters. The number of aromatic nitrogens is 2. The van der Waals surface area contributed by atoms with Gasteiger partial charge in [0.2, 0.25) is 5.95 Å². The molecule has 7 nitrogen and oxygen atoms in total. The summed E-state index contributed by atoms with van der Waals surface area (Å²) in [7, 11) is 0. The molecule has 1 unspecified atom stereocenters. The fourth-order valence-corrected chi connectivity index (χ4v) is 5.45. The lowest BCUT2D eigenvalue weighted by atomic mass is 10.1. The maximum atomic E-state index is 15.0. The second kappa shape index (κ2) is 12.1. The molecule has 2 aliphatic rings. The van der Waals surface area contributed by atoms with Crippen molar-refractivity contribution in [2.75, 3.05) is 41.7 Å². The summed E-state index contributed by atoms with van der Waals surface area (Å²) < 4.78 is 32.1. The van der Waals surface area contributed by atoms with Gasteiger partial charge < -0.3 is 20.9 Å². The van der Waals surface area contributed by atoms with Crippen molar-refractivity contribution >= 4 is 35.0 Å². The second-order valence-corrected chi connectivity index (χ2v) is 10.2. The van der Waals surface area contributed by atoms with Crippen LogP contribution in [0.4, 0.5) is 31.8 Å². The van der Waals surface area contributed by atoms with Gasteiger partial charge >= 0.3 is 0 Å². The minimum atomic E-state index is -0.604. The Morgan fingerprint density at radius 3 is 2.43 bits per heavy atom. The molecule has 0 amide bonds. The van der Waals surface area contributed by atoms with E-state index in [-0.39, 0.29) is 23.8 Å². The van der Waals surface area contributed by atoms with E-state index in [0.717, 1.165) is 43.0 Å². The van der Waals surface area contributed by atoms with Gasteiger partial charge in [-0.05, 0) is 69.1 Å². The lowest BCUT2D eigenvalue weighted by Gasteiger charge is -2.28. The monoisotopic (exact) mass is 527 g/mol. The third-order valence-electron chi connectivity index (χ3n) is 6.11. The summed E-state index contributed by atoms with van der Waals surface area (Å²) >= 11 is 1.73. The molecular formula is C27H35F2N7S. The molecule has 0 radical (unpaired) electrons. The molecule has 0 aliphatic carbocycles. The summed E-state index contributed by atoms with van der Waals surface area (Å²) in [6.45, 7) is 14.1. The lowest BCUT2D eigenvalue weighted by molar-refractivity contribution is 0.396. The number of halogens is 2. The Bertz CT molecular complexity index is 1200. The fraction of sp³-hybridized carbons (Fsp3) is 0.407. The van der Waals surface area contributed by atoms with Crippen LogP contribution in [0, 0.1) is 11.6 Å². The van der Waals surface area contributed by atoms with E-state index >= 15 is 0 Å². The van der Waals surface area contributed by atoms with Crippen LogP contribution in [0.3, 0.4) is 0 Å². The van der Waals surface area contributed by atoms with Gasteiger partial charge in [-0.25, -0.2) is 23.1 Å². The minimum absolute atomic E-state index is 0.0540. The number of hydrogen-bond donors (Lipinski definition) is 3. The lowest BCUT2D eigenvalue weighted by Crippen LogP contribution is -2.39. The zero-order valence-electron chi connectivity index (χ0n) is 22.0. The highest BCUT2D eigenvalue weighted by Crippen LogP contribution is 2.41. The van der Waals surface area contributed by atoms with Gasteiger partial charge in [0.05, 0.1) is 23.7 Å². The summed E-state index contributed by atoms with van der Waals surface area (Å²) in [5.41, 5.74) is 2.34. The van der Waals surface area contributed by atoms with Crippen molar-refractivity contribution in [2.24, 2.45) is 0 Å². The van der Waals surface area contributed by atoms with E-state index in [2.05, 4.69) is 35.1 Å². The molecule has 5 rings (SSSR count). The smallest absolute Gasteiger partial charge is 0.227 e. The van der Waals surface area contributed by atoms with Gasteiger partial charge in [0.1, 0.15) is 11.5 Å². The molecule has 1 fully saturated rings. The van der Waals surface area contributed by atoms with Crippen LogP contribution < -0.4 is 20.9 Å². The molecule has 0 saturated carbocycles. The topological polar surface area (TPSA) is 68.4 Å². The van der Waals surface area contributed by atoms with Crippen molar-refractivity contribution in [3.63, 3.8) is 0 Å². The molecule has 3 heterocycles. The molecular weight excluding hydrogens is 492 g/mol. The first-order valence-electron chi connectivity index (χ1n) is 12.8. The Hall–Kier alpha value is -2.95. The van der Waals surface area contributed by atoms with Gasteiger partial charge in [-0.1, -0.05) is 13.8 Å². The Morgan fingerprint density at radius 1 is 1.05 bits per heavy atom. The number of piperazine rings is 1. The zero-order chi connectivity index (χ0) is 26.5. The van der Waals surface area contributed by atoms with E-state index < -0.39 is 11.6 Å². The van der Waals surface area contributed by atoms with Crippen LogP contribution in [0.5, 0.6) is 0 Å². The maximum absolute atomic E-state index is 15.0. The molecule has 1 saturated heterocycles.